The zero-order valence-electron chi connectivity index (χ0n) is 16.6. The van der Waals surface area contributed by atoms with Gasteiger partial charge in [-0.1, -0.05) is 22.0 Å². The van der Waals surface area contributed by atoms with Crippen molar-refractivity contribution in [3.05, 3.63) is 76.2 Å². The summed E-state index contributed by atoms with van der Waals surface area (Å²) in [5, 5.41) is 2.83. The van der Waals surface area contributed by atoms with Gasteiger partial charge in [-0.05, 0) is 54.4 Å². The first-order valence-electron chi connectivity index (χ1n) is 9.22. The van der Waals surface area contributed by atoms with Crippen molar-refractivity contribution in [1.29, 1.82) is 0 Å². The number of halogens is 1. The normalized spacial score (nSPS) is 11.7. The number of rotatable bonds is 9. The lowest BCUT2D eigenvalue weighted by atomic mass is 10.1. The minimum Gasteiger partial charge on any atom is -0.497 e. The van der Waals surface area contributed by atoms with Crippen molar-refractivity contribution in [2.24, 2.45) is 0 Å². The third kappa shape index (κ3) is 5.73. The molecule has 2 aromatic carbocycles. The van der Waals surface area contributed by atoms with Gasteiger partial charge < -0.3 is 19.2 Å². The number of carbonyl (C=O) groups excluding carboxylic acids is 1. The van der Waals surface area contributed by atoms with Crippen LogP contribution in [-0.4, -0.2) is 30.9 Å². The van der Waals surface area contributed by atoms with Gasteiger partial charge >= 0.3 is 0 Å². The van der Waals surface area contributed by atoms with E-state index in [4.69, 9.17) is 13.9 Å². The summed E-state index contributed by atoms with van der Waals surface area (Å²) >= 11 is 3.36. The summed E-state index contributed by atoms with van der Waals surface area (Å²) in [6.45, 7) is 0.419. The molecule has 0 radical (unpaired) electrons. The maximum Gasteiger partial charge on any atom is 0.287 e. The van der Waals surface area contributed by atoms with Crippen LogP contribution in [0.25, 0.3) is 0 Å². The summed E-state index contributed by atoms with van der Waals surface area (Å²) in [4.78, 5) is 13.1. The summed E-state index contributed by atoms with van der Waals surface area (Å²) < 4.78 is 29.5. The highest BCUT2D eigenvalue weighted by molar-refractivity contribution is 9.10. The Morgan fingerprint density at radius 1 is 1.07 bits per heavy atom. The molecule has 0 aliphatic carbocycles. The Balaban J connectivity index is 1.54. The van der Waals surface area contributed by atoms with Crippen molar-refractivity contribution in [3.63, 3.8) is 0 Å². The Labute approximate surface area is 186 Å². The number of hydrogen-bond donors (Lipinski definition) is 1. The van der Waals surface area contributed by atoms with Crippen LogP contribution in [0.5, 0.6) is 11.5 Å². The number of ether oxygens (including phenoxy) is 2. The molecular weight excluding hydrogens is 470 g/mol. The van der Waals surface area contributed by atoms with Gasteiger partial charge in [0.15, 0.2) is 5.76 Å². The fraction of sp³-hybridized carbons (Fsp3) is 0.227. The van der Waals surface area contributed by atoms with Crippen molar-refractivity contribution >= 4 is 32.6 Å². The van der Waals surface area contributed by atoms with Gasteiger partial charge in [0.05, 0.1) is 30.8 Å². The molecule has 158 valence electrons. The lowest BCUT2D eigenvalue weighted by Crippen LogP contribution is -2.25. The molecule has 0 unspecified atom stereocenters. The molecule has 1 N–H and O–H groups in total. The topological polar surface area (TPSA) is 77.8 Å². The molecule has 1 aromatic heterocycles. The van der Waals surface area contributed by atoms with Gasteiger partial charge in [-0.3, -0.25) is 9.00 Å². The van der Waals surface area contributed by atoms with Crippen LogP contribution in [0.4, 0.5) is 0 Å². The van der Waals surface area contributed by atoms with Crippen LogP contribution in [-0.2, 0) is 23.0 Å². The Kier molecular flexibility index (Phi) is 7.70. The van der Waals surface area contributed by atoms with Crippen LogP contribution in [0.15, 0.2) is 68.4 Å². The zero-order valence-corrected chi connectivity index (χ0v) is 19.0. The summed E-state index contributed by atoms with van der Waals surface area (Å²) in [6, 6.07) is 16.1. The third-order valence-corrected chi connectivity index (χ3v) is 6.28. The van der Waals surface area contributed by atoms with Crippen LogP contribution in [0.2, 0.25) is 0 Å². The quantitative estimate of drug-likeness (QED) is 0.481. The van der Waals surface area contributed by atoms with Gasteiger partial charge in [-0.15, -0.1) is 0 Å². The molecule has 0 aliphatic heterocycles. The van der Waals surface area contributed by atoms with E-state index in [1.165, 1.54) is 0 Å². The molecule has 1 amide bonds. The van der Waals surface area contributed by atoms with Crippen LogP contribution in [0, 0.1) is 0 Å². The molecule has 6 nitrogen and oxygen atoms in total. The van der Waals surface area contributed by atoms with E-state index < -0.39 is 10.8 Å². The maximum atomic E-state index is 12.5. The van der Waals surface area contributed by atoms with Crippen molar-refractivity contribution in [2.45, 2.75) is 17.1 Å². The van der Waals surface area contributed by atoms with Gasteiger partial charge in [-0.2, -0.15) is 0 Å². The maximum absolute atomic E-state index is 12.5. The van der Waals surface area contributed by atoms with Gasteiger partial charge in [0, 0.05) is 22.0 Å². The molecular formula is C22H22BrNO5S. The lowest BCUT2D eigenvalue weighted by molar-refractivity contribution is 0.0925. The fourth-order valence-electron chi connectivity index (χ4n) is 2.83. The highest BCUT2D eigenvalue weighted by atomic mass is 79.9. The summed E-state index contributed by atoms with van der Waals surface area (Å²) in [5.74, 6) is 2.00. The number of hydrogen-bond acceptors (Lipinski definition) is 5. The van der Waals surface area contributed by atoms with E-state index >= 15 is 0 Å². The molecule has 3 rings (SSSR count). The van der Waals surface area contributed by atoms with Crippen molar-refractivity contribution in [1.82, 2.24) is 5.32 Å². The smallest absolute Gasteiger partial charge is 0.287 e. The Hall–Kier alpha value is -2.58. The average molecular weight is 492 g/mol. The number of methoxy groups -OCH3 is 2. The van der Waals surface area contributed by atoms with Crippen LogP contribution in [0.1, 0.15) is 21.9 Å². The molecule has 0 aliphatic rings. The minimum absolute atomic E-state index is 0.194. The lowest BCUT2D eigenvalue weighted by Gasteiger charge is -2.10. The summed E-state index contributed by atoms with van der Waals surface area (Å²) in [7, 11) is 1.94. The predicted molar refractivity (Wildman–Crippen MR) is 119 cm³/mol. The Morgan fingerprint density at radius 3 is 2.53 bits per heavy atom. The van der Waals surface area contributed by atoms with E-state index in [2.05, 4.69) is 21.2 Å². The fourth-order valence-corrected chi connectivity index (χ4v) is 4.12. The van der Waals surface area contributed by atoms with E-state index in [0.717, 1.165) is 10.0 Å². The van der Waals surface area contributed by atoms with Crippen LogP contribution in [0.3, 0.4) is 0 Å². The minimum atomic E-state index is -1.25. The monoisotopic (exact) mass is 491 g/mol. The van der Waals surface area contributed by atoms with Gasteiger partial charge in [-0.25, -0.2) is 0 Å². The second-order valence-corrected chi connectivity index (χ2v) is 8.76. The van der Waals surface area contributed by atoms with Gasteiger partial charge in [0.1, 0.15) is 17.3 Å². The van der Waals surface area contributed by atoms with Crippen LogP contribution >= 0.6 is 15.9 Å². The molecule has 1 atom stereocenters. The highest BCUT2D eigenvalue weighted by Gasteiger charge is 2.14. The molecule has 3 aromatic rings. The van der Waals surface area contributed by atoms with E-state index in [-0.39, 0.29) is 17.4 Å². The predicted octanol–water partition coefficient (Wildman–Crippen LogP) is 4.34. The number of amides is 1. The average Bonchev–Trinajstić information content (AvgIpc) is 3.22. The first-order chi connectivity index (χ1) is 14.5. The number of benzene rings is 2. The summed E-state index contributed by atoms with van der Waals surface area (Å²) in [6.07, 6.45) is 0.597. The first kappa shape index (κ1) is 22.1. The largest absolute Gasteiger partial charge is 0.497 e. The Morgan fingerprint density at radius 2 is 1.83 bits per heavy atom. The molecule has 0 spiro atoms. The SMILES string of the molecule is COc1ccc(CCNC(=O)c2ccc(C[S@@](=O)c3ccc(Br)cc3)o2)c(OC)c1. The molecule has 30 heavy (non-hydrogen) atoms. The summed E-state index contributed by atoms with van der Waals surface area (Å²) in [5.41, 5.74) is 0.962. The van der Waals surface area contributed by atoms with E-state index in [1.54, 1.807) is 38.5 Å². The van der Waals surface area contributed by atoms with Gasteiger partial charge in [0.2, 0.25) is 0 Å². The molecule has 8 heteroatoms. The molecule has 0 bridgehead atoms. The standard InChI is InChI=1S/C22H22BrNO5S/c1-27-17-6-3-15(21(13-17)28-2)11-12-24-22(25)20-10-7-18(29-20)14-30(26)19-8-4-16(23)5-9-19/h3-10,13H,11-12,14H2,1-2H3,(H,24,25)/t30-/m1/s1. The van der Waals surface area contributed by atoms with E-state index in [0.29, 0.717) is 35.1 Å². The van der Waals surface area contributed by atoms with Crippen molar-refractivity contribution in [2.75, 3.05) is 20.8 Å². The van der Waals surface area contributed by atoms with Crippen LogP contribution < -0.4 is 14.8 Å². The second kappa shape index (κ2) is 10.4. The molecule has 0 saturated carbocycles. The highest BCUT2D eigenvalue weighted by Crippen LogP contribution is 2.24. The van der Waals surface area contributed by atoms with Gasteiger partial charge in [0.25, 0.3) is 5.91 Å². The number of furan rings is 1. The zero-order chi connectivity index (χ0) is 21.5. The Bertz CT molecular complexity index is 1030. The number of nitrogens with one attached hydrogen (secondary N) is 1. The second-order valence-electron chi connectivity index (χ2n) is 6.39. The number of carbonyl (C=O) groups is 1. The van der Waals surface area contributed by atoms with Crippen molar-refractivity contribution in [3.8, 4) is 11.5 Å². The molecule has 1 heterocycles. The molecule has 0 saturated heterocycles. The first-order valence-corrected chi connectivity index (χ1v) is 11.3. The van der Waals surface area contributed by atoms with E-state index in [9.17, 15) is 9.00 Å². The van der Waals surface area contributed by atoms with E-state index in [1.807, 2.05) is 30.3 Å². The third-order valence-electron chi connectivity index (χ3n) is 4.41. The van der Waals surface area contributed by atoms with Crippen molar-refractivity contribution < 1.29 is 22.9 Å². The molecule has 0 fully saturated rings.